The van der Waals surface area contributed by atoms with E-state index in [2.05, 4.69) is 10.6 Å². The highest BCUT2D eigenvalue weighted by Gasteiger charge is 2.14. The zero-order valence-corrected chi connectivity index (χ0v) is 11.5. The first-order valence-electron chi connectivity index (χ1n) is 6.14. The van der Waals surface area contributed by atoms with Crippen LogP contribution in [0.25, 0.3) is 0 Å². The molecule has 2 amide bonds. The Morgan fingerprint density at radius 3 is 2.78 bits per heavy atom. The van der Waals surface area contributed by atoms with Crippen molar-refractivity contribution in [2.24, 2.45) is 0 Å². The molecule has 0 aliphatic rings. The highest BCUT2D eigenvalue weighted by Crippen LogP contribution is 2.20. The van der Waals surface area contributed by atoms with E-state index in [1.807, 2.05) is 26.8 Å². The number of furan rings is 1. The number of carbonyl (C=O) groups is 1. The maximum absolute atomic E-state index is 11.6. The lowest BCUT2D eigenvalue weighted by molar-refractivity contribution is 0.193. The van der Waals surface area contributed by atoms with Crippen molar-refractivity contribution in [3.63, 3.8) is 0 Å². The van der Waals surface area contributed by atoms with E-state index in [9.17, 15) is 4.79 Å². The van der Waals surface area contributed by atoms with Gasteiger partial charge in [-0.3, -0.25) is 0 Å². The number of amides is 2. The Kier molecular flexibility index (Phi) is 5.71. The van der Waals surface area contributed by atoms with Gasteiger partial charge in [-0.2, -0.15) is 0 Å². The first kappa shape index (κ1) is 14.6. The van der Waals surface area contributed by atoms with Crippen LogP contribution in [0.4, 0.5) is 4.79 Å². The zero-order chi connectivity index (χ0) is 13.5. The van der Waals surface area contributed by atoms with E-state index >= 15 is 0 Å². The van der Waals surface area contributed by atoms with Crippen molar-refractivity contribution in [1.82, 2.24) is 10.6 Å². The van der Waals surface area contributed by atoms with Gasteiger partial charge < -0.3 is 19.8 Å². The first-order valence-corrected chi connectivity index (χ1v) is 6.14. The fourth-order valence-corrected chi connectivity index (χ4v) is 1.82. The summed E-state index contributed by atoms with van der Waals surface area (Å²) in [6.45, 7) is 6.99. The molecule has 0 fully saturated rings. The lowest BCUT2D eigenvalue weighted by Crippen LogP contribution is -2.37. The van der Waals surface area contributed by atoms with Crippen LogP contribution >= 0.6 is 0 Å². The largest absolute Gasteiger partial charge is 0.466 e. The molecule has 0 spiro atoms. The van der Waals surface area contributed by atoms with E-state index in [-0.39, 0.29) is 12.1 Å². The molecule has 18 heavy (non-hydrogen) atoms. The Hall–Kier alpha value is -1.49. The number of ether oxygens (including phenoxy) is 1. The molecule has 0 saturated heterocycles. The molecule has 2 N–H and O–H groups in total. The summed E-state index contributed by atoms with van der Waals surface area (Å²) in [4.78, 5) is 11.6. The van der Waals surface area contributed by atoms with Crippen LogP contribution in [0.1, 0.15) is 36.5 Å². The van der Waals surface area contributed by atoms with E-state index < -0.39 is 0 Å². The minimum atomic E-state index is -0.170. The standard InChI is InChI=1S/C13H22N2O3/c1-9-8-12(11(3)18-9)10(2)15-13(16)14-6-5-7-17-4/h8,10H,5-7H2,1-4H3,(H2,14,15,16)/t10-/m1/s1. The van der Waals surface area contributed by atoms with Crippen LogP contribution in [-0.2, 0) is 4.74 Å². The Bertz CT molecular complexity index is 388. The van der Waals surface area contributed by atoms with Crippen molar-refractivity contribution in [3.05, 3.63) is 23.2 Å². The highest BCUT2D eigenvalue weighted by molar-refractivity contribution is 5.74. The van der Waals surface area contributed by atoms with Gasteiger partial charge in [0.2, 0.25) is 0 Å². The van der Waals surface area contributed by atoms with E-state index in [1.165, 1.54) is 0 Å². The third-order valence-electron chi connectivity index (χ3n) is 2.70. The molecule has 0 saturated carbocycles. The van der Waals surface area contributed by atoms with Gasteiger partial charge in [-0.1, -0.05) is 0 Å². The van der Waals surface area contributed by atoms with Crippen molar-refractivity contribution in [1.29, 1.82) is 0 Å². The van der Waals surface area contributed by atoms with E-state index in [0.29, 0.717) is 13.2 Å². The van der Waals surface area contributed by atoms with Gasteiger partial charge in [0.15, 0.2) is 0 Å². The fraction of sp³-hybridized carbons (Fsp3) is 0.615. The topological polar surface area (TPSA) is 63.5 Å². The molecular formula is C13H22N2O3. The molecule has 0 aliphatic heterocycles. The third-order valence-corrected chi connectivity index (χ3v) is 2.70. The normalized spacial score (nSPS) is 12.2. The molecule has 0 unspecified atom stereocenters. The summed E-state index contributed by atoms with van der Waals surface area (Å²) in [5.41, 5.74) is 1.01. The van der Waals surface area contributed by atoms with Crippen LogP contribution in [-0.4, -0.2) is 26.3 Å². The number of aryl methyl sites for hydroxylation is 2. The molecule has 5 heteroatoms. The fourth-order valence-electron chi connectivity index (χ4n) is 1.82. The molecule has 1 aromatic heterocycles. The molecular weight excluding hydrogens is 232 g/mol. The smallest absolute Gasteiger partial charge is 0.315 e. The summed E-state index contributed by atoms with van der Waals surface area (Å²) >= 11 is 0. The number of rotatable bonds is 6. The summed E-state index contributed by atoms with van der Waals surface area (Å²) < 4.78 is 10.4. The van der Waals surface area contributed by atoms with Crippen molar-refractivity contribution < 1.29 is 13.9 Å². The highest BCUT2D eigenvalue weighted by atomic mass is 16.5. The second-order valence-electron chi connectivity index (χ2n) is 4.34. The molecule has 5 nitrogen and oxygen atoms in total. The van der Waals surface area contributed by atoms with Gasteiger partial charge in [-0.15, -0.1) is 0 Å². The molecule has 0 radical (unpaired) electrons. The number of methoxy groups -OCH3 is 1. The van der Waals surface area contributed by atoms with Crippen molar-refractivity contribution in [3.8, 4) is 0 Å². The number of hydrogen-bond donors (Lipinski definition) is 2. The first-order chi connectivity index (χ1) is 8.54. The maximum atomic E-state index is 11.6. The van der Waals surface area contributed by atoms with Crippen LogP contribution in [0.3, 0.4) is 0 Å². The Morgan fingerprint density at radius 2 is 2.22 bits per heavy atom. The average Bonchev–Trinajstić information content (AvgIpc) is 2.64. The van der Waals surface area contributed by atoms with Crippen LogP contribution < -0.4 is 10.6 Å². The summed E-state index contributed by atoms with van der Waals surface area (Å²) in [7, 11) is 1.64. The zero-order valence-electron chi connectivity index (χ0n) is 11.5. The van der Waals surface area contributed by atoms with Gasteiger partial charge in [0.1, 0.15) is 11.5 Å². The predicted molar refractivity (Wildman–Crippen MR) is 69.6 cm³/mol. The van der Waals surface area contributed by atoms with E-state index in [4.69, 9.17) is 9.15 Å². The predicted octanol–water partition coefficient (Wildman–Crippen LogP) is 2.29. The molecule has 1 aromatic rings. The average molecular weight is 254 g/mol. The molecule has 0 bridgehead atoms. The van der Waals surface area contributed by atoms with Gasteiger partial charge in [0.05, 0.1) is 6.04 Å². The summed E-state index contributed by atoms with van der Waals surface area (Å²) in [6.07, 6.45) is 0.808. The summed E-state index contributed by atoms with van der Waals surface area (Å²) in [5, 5.41) is 5.66. The van der Waals surface area contributed by atoms with Crippen LogP contribution in [0.5, 0.6) is 0 Å². The molecule has 1 rings (SSSR count). The summed E-state index contributed by atoms with van der Waals surface area (Å²) in [5.74, 6) is 1.70. The molecule has 1 heterocycles. The minimum Gasteiger partial charge on any atom is -0.466 e. The molecule has 0 aromatic carbocycles. The van der Waals surface area contributed by atoms with Crippen LogP contribution in [0.2, 0.25) is 0 Å². The number of carbonyl (C=O) groups excluding carboxylic acids is 1. The van der Waals surface area contributed by atoms with Gasteiger partial charge >= 0.3 is 6.03 Å². The van der Waals surface area contributed by atoms with Crippen molar-refractivity contribution >= 4 is 6.03 Å². The summed E-state index contributed by atoms with van der Waals surface area (Å²) in [6, 6.07) is 1.72. The van der Waals surface area contributed by atoms with E-state index in [1.54, 1.807) is 7.11 Å². The third kappa shape index (κ3) is 4.41. The molecule has 102 valence electrons. The minimum absolute atomic E-state index is 0.0649. The van der Waals surface area contributed by atoms with Crippen LogP contribution in [0.15, 0.2) is 10.5 Å². The quantitative estimate of drug-likeness (QED) is 0.766. The van der Waals surface area contributed by atoms with Crippen molar-refractivity contribution in [2.75, 3.05) is 20.3 Å². The molecule has 1 atom stereocenters. The Labute approximate surface area is 108 Å². The number of urea groups is 1. The SMILES string of the molecule is COCCCNC(=O)N[C@H](C)c1cc(C)oc1C. The van der Waals surface area contributed by atoms with Gasteiger partial charge in [-0.25, -0.2) is 4.79 Å². The van der Waals surface area contributed by atoms with Crippen LogP contribution in [0, 0.1) is 13.8 Å². The maximum Gasteiger partial charge on any atom is 0.315 e. The van der Waals surface area contributed by atoms with Gasteiger partial charge in [-0.05, 0) is 33.3 Å². The lowest BCUT2D eigenvalue weighted by Gasteiger charge is -2.14. The van der Waals surface area contributed by atoms with E-state index in [0.717, 1.165) is 23.5 Å². The lowest BCUT2D eigenvalue weighted by atomic mass is 10.1. The Balaban J connectivity index is 2.37. The second kappa shape index (κ2) is 7.06. The van der Waals surface area contributed by atoms with Gasteiger partial charge in [0.25, 0.3) is 0 Å². The molecule has 0 aliphatic carbocycles. The second-order valence-corrected chi connectivity index (χ2v) is 4.34. The Morgan fingerprint density at radius 1 is 1.50 bits per heavy atom. The number of hydrogen-bond acceptors (Lipinski definition) is 3. The van der Waals surface area contributed by atoms with Crippen molar-refractivity contribution in [2.45, 2.75) is 33.2 Å². The monoisotopic (exact) mass is 254 g/mol. The van der Waals surface area contributed by atoms with Gasteiger partial charge in [0, 0.05) is 25.8 Å². The number of nitrogens with one attached hydrogen (secondary N) is 2.